The van der Waals surface area contributed by atoms with E-state index in [1.165, 1.54) is 6.07 Å². The minimum absolute atomic E-state index is 0.180. The molecular weight excluding hydrogens is 279 g/mol. The molecule has 2 aliphatic heterocycles. The van der Waals surface area contributed by atoms with E-state index in [1.54, 1.807) is 6.07 Å². The van der Waals surface area contributed by atoms with Gasteiger partial charge in [-0.25, -0.2) is 4.39 Å². The SMILES string of the molecule is CCN1CCN(C2CCN(c3cccc(F)c3C#N)C2)CC1. The van der Waals surface area contributed by atoms with Crippen LogP contribution in [0.2, 0.25) is 0 Å². The molecule has 0 bridgehead atoms. The Morgan fingerprint density at radius 1 is 1.23 bits per heavy atom. The summed E-state index contributed by atoms with van der Waals surface area (Å²) in [7, 11) is 0. The van der Waals surface area contributed by atoms with E-state index in [0.717, 1.165) is 57.9 Å². The van der Waals surface area contributed by atoms with Crippen molar-refractivity contribution in [1.82, 2.24) is 9.80 Å². The quantitative estimate of drug-likeness (QED) is 0.854. The molecule has 1 aromatic carbocycles. The molecule has 5 heteroatoms. The highest BCUT2D eigenvalue weighted by molar-refractivity contribution is 5.60. The number of likely N-dealkylation sites (N-methyl/N-ethyl adjacent to an activating group) is 1. The van der Waals surface area contributed by atoms with Crippen LogP contribution in [0.5, 0.6) is 0 Å². The molecule has 0 radical (unpaired) electrons. The second kappa shape index (κ2) is 6.64. The zero-order valence-electron chi connectivity index (χ0n) is 13.1. The minimum atomic E-state index is -0.417. The Labute approximate surface area is 131 Å². The van der Waals surface area contributed by atoms with Gasteiger partial charge in [-0.3, -0.25) is 4.90 Å². The van der Waals surface area contributed by atoms with Gasteiger partial charge >= 0.3 is 0 Å². The third-order valence-corrected chi connectivity index (χ3v) is 4.98. The van der Waals surface area contributed by atoms with Crippen LogP contribution in [0.25, 0.3) is 0 Å². The average Bonchev–Trinajstić information content (AvgIpc) is 3.04. The van der Waals surface area contributed by atoms with E-state index >= 15 is 0 Å². The number of benzene rings is 1. The van der Waals surface area contributed by atoms with Gasteiger partial charge in [-0.15, -0.1) is 0 Å². The lowest BCUT2D eigenvalue weighted by Crippen LogP contribution is -2.50. The number of hydrogen-bond donors (Lipinski definition) is 0. The molecule has 0 aliphatic carbocycles. The Morgan fingerprint density at radius 2 is 2.00 bits per heavy atom. The third-order valence-electron chi connectivity index (χ3n) is 4.98. The van der Waals surface area contributed by atoms with Gasteiger partial charge in [0.1, 0.15) is 17.4 Å². The fraction of sp³-hybridized carbons (Fsp3) is 0.588. The van der Waals surface area contributed by atoms with Crippen molar-refractivity contribution in [2.45, 2.75) is 19.4 Å². The lowest BCUT2D eigenvalue weighted by atomic mass is 10.1. The van der Waals surface area contributed by atoms with Crippen LogP contribution in [0.15, 0.2) is 18.2 Å². The van der Waals surface area contributed by atoms with E-state index in [4.69, 9.17) is 0 Å². The molecule has 1 aromatic rings. The summed E-state index contributed by atoms with van der Waals surface area (Å²) >= 11 is 0. The summed E-state index contributed by atoms with van der Waals surface area (Å²) in [6.07, 6.45) is 1.09. The second-order valence-electron chi connectivity index (χ2n) is 6.10. The van der Waals surface area contributed by atoms with Crippen LogP contribution in [-0.2, 0) is 0 Å². The third kappa shape index (κ3) is 2.94. The zero-order valence-corrected chi connectivity index (χ0v) is 13.1. The Bertz CT molecular complexity index is 560. The molecule has 0 aromatic heterocycles. The Kier molecular flexibility index (Phi) is 4.60. The number of rotatable bonds is 3. The number of nitriles is 1. The first-order valence-electron chi connectivity index (χ1n) is 8.13. The van der Waals surface area contributed by atoms with Gasteiger partial charge < -0.3 is 9.80 Å². The summed E-state index contributed by atoms with van der Waals surface area (Å²) in [5.41, 5.74) is 0.927. The minimum Gasteiger partial charge on any atom is -0.369 e. The van der Waals surface area contributed by atoms with Gasteiger partial charge in [0.2, 0.25) is 0 Å². The molecule has 3 rings (SSSR count). The molecule has 0 N–H and O–H groups in total. The van der Waals surface area contributed by atoms with Crippen molar-refractivity contribution in [3.05, 3.63) is 29.6 Å². The largest absolute Gasteiger partial charge is 0.369 e. The molecule has 2 fully saturated rings. The van der Waals surface area contributed by atoms with E-state index < -0.39 is 5.82 Å². The van der Waals surface area contributed by atoms with Crippen molar-refractivity contribution in [3.63, 3.8) is 0 Å². The fourth-order valence-electron chi connectivity index (χ4n) is 3.59. The lowest BCUT2D eigenvalue weighted by molar-refractivity contribution is 0.107. The van der Waals surface area contributed by atoms with Crippen LogP contribution in [0, 0.1) is 17.1 Å². The number of piperazine rings is 1. The predicted octanol–water partition coefficient (Wildman–Crippen LogP) is 1.91. The average molecular weight is 302 g/mol. The number of anilines is 1. The molecule has 0 saturated carbocycles. The topological polar surface area (TPSA) is 33.5 Å². The van der Waals surface area contributed by atoms with Gasteiger partial charge in [-0.05, 0) is 25.1 Å². The van der Waals surface area contributed by atoms with Gasteiger partial charge in [-0.1, -0.05) is 13.0 Å². The summed E-state index contributed by atoms with van der Waals surface area (Å²) in [4.78, 5) is 7.19. The molecule has 0 amide bonds. The van der Waals surface area contributed by atoms with Crippen molar-refractivity contribution < 1.29 is 4.39 Å². The van der Waals surface area contributed by atoms with Crippen LogP contribution < -0.4 is 4.90 Å². The first-order valence-corrected chi connectivity index (χ1v) is 8.13. The van der Waals surface area contributed by atoms with Gasteiger partial charge in [0, 0.05) is 45.3 Å². The van der Waals surface area contributed by atoms with Crippen molar-refractivity contribution in [2.24, 2.45) is 0 Å². The Morgan fingerprint density at radius 3 is 2.68 bits per heavy atom. The molecule has 2 heterocycles. The molecular formula is C17H23FN4. The Balaban J connectivity index is 1.66. The van der Waals surface area contributed by atoms with Gasteiger partial charge in [0.05, 0.1) is 5.69 Å². The van der Waals surface area contributed by atoms with Crippen LogP contribution in [0.4, 0.5) is 10.1 Å². The molecule has 2 saturated heterocycles. The maximum Gasteiger partial charge on any atom is 0.143 e. The van der Waals surface area contributed by atoms with Crippen molar-refractivity contribution >= 4 is 5.69 Å². The van der Waals surface area contributed by atoms with Crippen LogP contribution in [0.1, 0.15) is 18.9 Å². The van der Waals surface area contributed by atoms with Gasteiger partial charge in [0.25, 0.3) is 0 Å². The van der Waals surface area contributed by atoms with E-state index in [-0.39, 0.29) is 5.56 Å². The first-order chi connectivity index (χ1) is 10.7. The highest BCUT2D eigenvalue weighted by Crippen LogP contribution is 2.28. The maximum absolute atomic E-state index is 13.8. The second-order valence-corrected chi connectivity index (χ2v) is 6.10. The number of hydrogen-bond acceptors (Lipinski definition) is 4. The molecule has 1 atom stereocenters. The van der Waals surface area contributed by atoms with E-state index in [9.17, 15) is 9.65 Å². The first kappa shape index (κ1) is 15.3. The summed E-state index contributed by atoms with van der Waals surface area (Å²) in [6.45, 7) is 9.62. The summed E-state index contributed by atoms with van der Waals surface area (Å²) in [5.74, 6) is -0.417. The van der Waals surface area contributed by atoms with E-state index in [0.29, 0.717) is 6.04 Å². The zero-order chi connectivity index (χ0) is 15.5. The van der Waals surface area contributed by atoms with E-state index in [1.807, 2.05) is 12.1 Å². The van der Waals surface area contributed by atoms with Crippen molar-refractivity contribution in [2.75, 3.05) is 50.7 Å². The molecule has 2 aliphatic rings. The normalized spacial score (nSPS) is 23.7. The number of nitrogens with zero attached hydrogens (tertiary/aromatic N) is 4. The molecule has 22 heavy (non-hydrogen) atoms. The van der Waals surface area contributed by atoms with E-state index in [2.05, 4.69) is 21.6 Å². The predicted molar refractivity (Wildman–Crippen MR) is 85.4 cm³/mol. The fourth-order valence-corrected chi connectivity index (χ4v) is 3.59. The summed E-state index contributed by atoms with van der Waals surface area (Å²) < 4.78 is 13.8. The standard InChI is InChI=1S/C17H23FN4/c1-2-20-8-10-21(11-9-20)14-6-7-22(13-14)17-5-3-4-16(18)15(17)12-19/h3-5,14H,2,6-11,13H2,1H3. The summed E-state index contributed by atoms with van der Waals surface area (Å²) in [5, 5.41) is 9.20. The number of halogens is 1. The summed E-state index contributed by atoms with van der Waals surface area (Å²) in [6, 6.07) is 7.45. The molecule has 1 unspecified atom stereocenters. The maximum atomic E-state index is 13.8. The molecule has 118 valence electrons. The monoisotopic (exact) mass is 302 g/mol. The smallest absolute Gasteiger partial charge is 0.143 e. The van der Waals surface area contributed by atoms with Crippen molar-refractivity contribution in [1.29, 1.82) is 5.26 Å². The van der Waals surface area contributed by atoms with Crippen molar-refractivity contribution in [3.8, 4) is 6.07 Å². The Hall–Kier alpha value is -1.64. The van der Waals surface area contributed by atoms with Crippen LogP contribution in [-0.4, -0.2) is 61.7 Å². The van der Waals surface area contributed by atoms with Crippen LogP contribution >= 0.6 is 0 Å². The lowest BCUT2D eigenvalue weighted by Gasteiger charge is -2.37. The molecule has 0 spiro atoms. The molecule has 4 nitrogen and oxygen atoms in total. The van der Waals surface area contributed by atoms with Gasteiger partial charge in [0.15, 0.2) is 0 Å². The van der Waals surface area contributed by atoms with Gasteiger partial charge in [-0.2, -0.15) is 5.26 Å². The highest BCUT2D eigenvalue weighted by Gasteiger charge is 2.31. The highest BCUT2D eigenvalue weighted by atomic mass is 19.1. The van der Waals surface area contributed by atoms with Crippen LogP contribution in [0.3, 0.4) is 0 Å².